The van der Waals surface area contributed by atoms with Crippen molar-refractivity contribution in [3.63, 3.8) is 0 Å². The summed E-state index contributed by atoms with van der Waals surface area (Å²) in [6.07, 6.45) is 2.64. The number of aromatic amines is 1. The van der Waals surface area contributed by atoms with Gasteiger partial charge in [0.15, 0.2) is 11.5 Å². The summed E-state index contributed by atoms with van der Waals surface area (Å²) in [4.78, 5) is 17.9. The molecule has 1 fully saturated rings. The zero-order valence-corrected chi connectivity index (χ0v) is 16.0. The molecule has 0 unspecified atom stereocenters. The number of nitrogens with one attached hydrogen (secondary N) is 1. The molecule has 1 aromatic heterocycles. The highest BCUT2D eigenvalue weighted by Gasteiger charge is 2.28. The highest BCUT2D eigenvalue weighted by atomic mass is 16.5. The predicted molar refractivity (Wildman–Crippen MR) is 101 cm³/mol. The smallest absolute Gasteiger partial charge is 0.270 e. The standard InChI is InChI=1S/C20H28N2O4/c1-20(2,24)12-13-5-7-22(8-6-13)19(23)16-9-14-10-17(25-3)18(26-4)11-15(14)21-16/h9-11,13,21,24H,5-8,12H2,1-4H3. The van der Waals surface area contributed by atoms with Gasteiger partial charge in [-0.2, -0.15) is 0 Å². The first kappa shape index (κ1) is 18.6. The molecule has 1 amide bonds. The number of likely N-dealkylation sites (tertiary alicyclic amines) is 1. The number of H-pyrrole nitrogens is 1. The summed E-state index contributed by atoms with van der Waals surface area (Å²) < 4.78 is 10.6. The lowest BCUT2D eigenvalue weighted by Crippen LogP contribution is -2.40. The molecule has 1 aromatic carbocycles. The molecule has 2 aromatic rings. The number of aliphatic hydroxyl groups is 1. The van der Waals surface area contributed by atoms with Gasteiger partial charge in [-0.1, -0.05) is 0 Å². The van der Waals surface area contributed by atoms with E-state index < -0.39 is 5.60 Å². The first-order chi connectivity index (χ1) is 12.3. The SMILES string of the molecule is COc1cc2cc(C(=O)N3CCC(CC(C)(C)O)CC3)[nH]c2cc1OC. The van der Waals surface area contributed by atoms with E-state index in [9.17, 15) is 9.90 Å². The maximum Gasteiger partial charge on any atom is 0.270 e. The molecule has 142 valence electrons. The van der Waals surface area contributed by atoms with Crippen LogP contribution in [0.3, 0.4) is 0 Å². The molecule has 0 aliphatic carbocycles. The van der Waals surface area contributed by atoms with Crippen molar-refractivity contribution in [1.82, 2.24) is 9.88 Å². The summed E-state index contributed by atoms with van der Waals surface area (Å²) in [7, 11) is 3.19. The Morgan fingerprint density at radius 3 is 2.38 bits per heavy atom. The van der Waals surface area contributed by atoms with Gasteiger partial charge < -0.3 is 24.5 Å². The van der Waals surface area contributed by atoms with Crippen LogP contribution >= 0.6 is 0 Å². The Balaban J connectivity index is 1.72. The van der Waals surface area contributed by atoms with Crippen LogP contribution in [-0.2, 0) is 0 Å². The van der Waals surface area contributed by atoms with Gasteiger partial charge in [0.25, 0.3) is 5.91 Å². The monoisotopic (exact) mass is 360 g/mol. The van der Waals surface area contributed by atoms with Crippen molar-refractivity contribution in [2.75, 3.05) is 27.3 Å². The van der Waals surface area contributed by atoms with E-state index in [0.29, 0.717) is 23.1 Å². The summed E-state index contributed by atoms with van der Waals surface area (Å²) in [5, 5.41) is 10.9. The lowest BCUT2D eigenvalue weighted by atomic mass is 9.86. The fraction of sp³-hybridized carbons (Fsp3) is 0.550. The molecule has 0 bridgehead atoms. The number of fused-ring (bicyclic) bond motifs is 1. The molecule has 1 saturated heterocycles. The number of amides is 1. The molecule has 26 heavy (non-hydrogen) atoms. The van der Waals surface area contributed by atoms with Gasteiger partial charge in [-0.05, 0) is 51.2 Å². The van der Waals surface area contributed by atoms with E-state index in [1.807, 2.05) is 36.9 Å². The van der Waals surface area contributed by atoms with E-state index in [4.69, 9.17) is 9.47 Å². The summed E-state index contributed by atoms with van der Waals surface area (Å²) in [6.45, 7) is 5.14. The number of ether oxygens (including phenoxy) is 2. The highest BCUT2D eigenvalue weighted by molar-refractivity contribution is 5.98. The highest BCUT2D eigenvalue weighted by Crippen LogP contribution is 2.33. The second-order valence-electron chi connectivity index (χ2n) is 7.73. The topological polar surface area (TPSA) is 74.8 Å². The molecule has 2 heterocycles. The van der Waals surface area contributed by atoms with Gasteiger partial charge in [-0.15, -0.1) is 0 Å². The molecule has 0 spiro atoms. The fourth-order valence-electron chi connectivity index (χ4n) is 3.79. The van der Waals surface area contributed by atoms with E-state index in [0.717, 1.165) is 43.3 Å². The first-order valence-electron chi connectivity index (χ1n) is 9.07. The van der Waals surface area contributed by atoms with Gasteiger partial charge in [0, 0.05) is 30.1 Å². The number of benzene rings is 1. The van der Waals surface area contributed by atoms with Crippen LogP contribution in [0, 0.1) is 5.92 Å². The zero-order chi connectivity index (χ0) is 18.9. The van der Waals surface area contributed by atoms with Gasteiger partial charge in [-0.25, -0.2) is 0 Å². The predicted octanol–water partition coefficient (Wildman–Crippen LogP) is 3.20. The van der Waals surface area contributed by atoms with Gasteiger partial charge in [0.1, 0.15) is 5.69 Å². The number of methoxy groups -OCH3 is 2. The van der Waals surface area contributed by atoms with Crippen molar-refractivity contribution in [3.05, 3.63) is 23.9 Å². The zero-order valence-electron chi connectivity index (χ0n) is 16.0. The van der Waals surface area contributed by atoms with Gasteiger partial charge in [0.05, 0.1) is 19.8 Å². The molecule has 6 heteroatoms. The number of piperidine rings is 1. The molecule has 6 nitrogen and oxygen atoms in total. The third-order valence-corrected chi connectivity index (χ3v) is 5.05. The number of aromatic nitrogens is 1. The lowest BCUT2D eigenvalue weighted by Gasteiger charge is -2.34. The second-order valence-corrected chi connectivity index (χ2v) is 7.73. The van der Waals surface area contributed by atoms with E-state index in [-0.39, 0.29) is 5.91 Å². The van der Waals surface area contributed by atoms with Crippen molar-refractivity contribution in [2.45, 2.75) is 38.7 Å². The number of carbonyl (C=O) groups excluding carboxylic acids is 1. The Hall–Kier alpha value is -2.21. The van der Waals surface area contributed by atoms with Crippen LogP contribution in [0.4, 0.5) is 0 Å². The van der Waals surface area contributed by atoms with Gasteiger partial charge in [-0.3, -0.25) is 4.79 Å². The quantitative estimate of drug-likeness (QED) is 0.859. The Labute approximate surface area is 154 Å². The van der Waals surface area contributed by atoms with Crippen LogP contribution in [0.15, 0.2) is 18.2 Å². The van der Waals surface area contributed by atoms with Crippen molar-refractivity contribution < 1.29 is 19.4 Å². The normalized spacial score (nSPS) is 16.1. The average Bonchev–Trinajstić information content (AvgIpc) is 3.02. The maximum absolute atomic E-state index is 12.9. The third kappa shape index (κ3) is 3.96. The Kier molecular flexibility index (Phi) is 5.14. The van der Waals surface area contributed by atoms with Crippen molar-refractivity contribution in [2.24, 2.45) is 5.92 Å². The van der Waals surface area contributed by atoms with Gasteiger partial charge in [0.2, 0.25) is 0 Å². The minimum Gasteiger partial charge on any atom is -0.493 e. The number of rotatable bonds is 5. The Morgan fingerprint density at radius 2 is 1.81 bits per heavy atom. The van der Waals surface area contributed by atoms with Crippen LogP contribution in [0.1, 0.15) is 43.6 Å². The third-order valence-electron chi connectivity index (χ3n) is 5.05. The molecule has 1 aliphatic heterocycles. The molecule has 0 atom stereocenters. The first-order valence-corrected chi connectivity index (χ1v) is 9.07. The molecular weight excluding hydrogens is 332 g/mol. The number of hydrogen-bond donors (Lipinski definition) is 2. The van der Waals surface area contributed by atoms with Crippen LogP contribution in [0.2, 0.25) is 0 Å². The fourth-order valence-corrected chi connectivity index (χ4v) is 3.79. The van der Waals surface area contributed by atoms with E-state index >= 15 is 0 Å². The molecule has 0 saturated carbocycles. The number of hydrogen-bond acceptors (Lipinski definition) is 4. The summed E-state index contributed by atoms with van der Waals surface area (Å²) in [6, 6.07) is 5.58. The Morgan fingerprint density at radius 1 is 1.19 bits per heavy atom. The molecular formula is C20H28N2O4. The van der Waals surface area contributed by atoms with Crippen LogP contribution in [-0.4, -0.2) is 53.8 Å². The summed E-state index contributed by atoms with van der Waals surface area (Å²) in [5.41, 5.74) is 0.783. The molecule has 1 aliphatic rings. The average molecular weight is 360 g/mol. The molecule has 2 N–H and O–H groups in total. The van der Waals surface area contributed by atoms with Crippen molar-refractivity contribution >= 4 is 16.8 Å². The van der Waals surface area contributed by atoms with Gasteiger partial charge >= 0.3 is 0 Å². The minimum atomic E-state index is -0.647. The Bertz CT molecular complexity index is 742. The van der Waals surface area contributed by atoms with E-state index in [1.54, 1.807) is 14.2 Å². The van der Waals surface area contributed by atoms with E-state index in [2.05, 4.69) is 4.98 Å². The second kappa shape index (κ2) is 7.19. The molecule has 0 radical (unpaired) electrons. The number of nitrogens with zero attached hydrogens (tertiary/aromatic N) is 1. The number of carbonyl (C=O) groups is 1. The van der Waals surface area contributed by atoms with Crippen LogP contribution < -0.4 is 9.47 Å². The summed E-state index contributed by atoms with van der Waals surface area (Å²) >= 11 is 0. The van der Waals surface area contributed by atoms with Crippen molar-refractivity contribution in [1.29, 1.82) is 0 Å². The largest absolute Gasteiger partial charge is 0.493 e. The molecule has 3 rings (SSSR count). The maximum atomic E-state index is 12.9. The van der Waals surface area contributed by atoms with Crippen molar-refractivity contribution in [3.8, 4) is 11.5 Å². The van der Waals surface area contributed by atoms with Crippen LogP contribution in [0.5, 0.6) is 11.5 Å². The van der Waals surface area contributed by atoms with E-state index in [1.165, 1.54) is 0 Å². The summed E-state index contributed by atoms with van der Waals surface area (Å²) in [5.74, 6) is 1.76. The van der Waals surface area contributed by atoms with Crippen LogP contribution in [0.25, 0.3) is 10.9 Å². The lowest BCUT2D eigenvalue weighted by molar-refractivity contribution is 0.0357. The minimum absolute atomic E-state index is 0.0147.